The minimum atomic E-state index is -4.91. The van der Waals surface area contributed by atoms with Gasteiger partial charge >= 0.3 is 12.1 Å². The topological polar surface area (TPSA) is 123 Å². The molecule has 40 heavy (non-hydrogen) atoms. The highest BCUT2D eigenvalue weighted by Crippen LogP contribution is 2.39. The number of nitrogens with zero attached hydrogens (tertiary/aromatic N) is 3. The lowest BCUT2D eigenvalue weighted by atomic mass is 9.86. The Balaban J connectivity index is 1.61. The van der Waals surface area contributed by atoms with Crippen LogP contribution in [0.15, 0.2) is 18.6 Å². The van der Waals surface area contributed by atoms with Crippen LogP contribution in [0, 0.1) is 5.92 Å². The molecule has 1 saturated carbocycles. The maximum absolute atomic E-state index is 14.3. The number of carboxylic acid groups (broad SMARTS) is 1. The van der Waals surface area contributed by atoms with Crippen LogP contribution in [0.3, 0.4) is 0 Å². The van der Waals surface area contributed by atoms with Crippen LogP contribution in [0.1, 0.15) is 91.2 Å². The molecule has 1 aliphatic carbocycles. The summed E-state index contributed by atoms with van der Waals surface area (Å²) in [5, 5.41) is 15.7. The van der Waals surface area contributed by atoms with Crippen LogP contribution in [0.25, 0.3) is 0 Å². The second kappa shape index (κ2) is 11.7. The molecule has 4 rings (SSSR count). The van der Waals surface area contributed by atoms with Crippen molar-refractivity contribution in [2.75, 3.05) is 0 Å². The number of hydrogen-bond acceptors (Lipinski definition) is 6. The van der Waals surface area contributed by atoms with Gasteiger partial charge in [-0.3, -0.25) is 24.0 Å². The van der Waals surface area contributed by atoms with Crippen molar-refractivity contribution in [2.24, 2.45) is 5.92 Å². The van der Waals surface area contributed by atoms with Gasteiger partial charge in [-0.25, -0.2) is 0 Å². The Morgan fingerprint density at radius 3 is 2.27 bits per heavy atom. The van der Waals surface area contributed by atoms with E-state index < -0.39 is 64.8 Å². The number of pyridine rings is 1. The molecule has 2 aliphatic rings. The summed E-state index contributed by atoms with van der Waals surface area (Å²) in [6, 6.07) is -1.70. The second-order valence-electron chi connectivity index (χ2n) is 10.8. The Labute approximate surface area is 238 Å². The molecule has 2 aromatic heterocycles. The Kier molecular flexibility index (Phi) is 8.82. The van der Waals surface area contributed by atoms with E-state index in [4.69, 9.17) is 27.9 Å². The molecular weight excluding hydrogens is 576 g/mol. The summed E-state index contributed by atoms with van der Waals surface area (Å²) in [5.74, 6) is -3.20. The van der Waals surface area contributed by atoms with E-state index in [0.29, 0.717) is 12.8 Å². The van der Waals surface area contributed by atoms with Crippen molar-refractivity contribution in [1.29, 1.82) is 0 Å². The lowest BCUT2D eigenvalue weighted by molar-refractivity contribution is -0.147. The number of aliphatic carboxylic acids is 1. The zero-order valence-electron chi connectivity index (χ0n) is 21.8. The highest BCUT2D eigenvalue weighted by Gasteiger charge is 2.44. The molecule has 0 radical (unpaired) electrons. The number of aromatic nitrogens is 3. The average molecular weight is 605 g/mol. The zero-order valence-corrected chi connectivity index (χ0v) is 23.3. The minimum Gasteiger partial charge on any atom is -0.481 e. The van der Waals surface area contributed by atoms with Crippen molar-refractivity contribution >= 4 is 40.9 Å². The van der Waals surface area contributed by atoms with Gasteiger partial charge in [0, 0.05) is 18.8 Å². The molecule has 2 fully saturated rings. The number of carbonyl (C=O) groups excluding carboxylic acids is 2. The number of carboxylic acids is 1. The maximum atomic E-state index is 14.3. The number of alkyl halides is 3. The number of Topliss-reactive ketones (excluding diaryl/α,β-unsaturated/α-hetero) is 1. The molecule has 0 spiro atoms. The van der Waals surface area contributed by atoms with Gasteiger partial charge in [0.2, 0.25) is 0 Å². The number of nitrogens with one attached hydrogen (secondary N) is 1. The number of amides is 1. The van der Waals surface area contributed by atoms with Crippen molar-refractivity contribution in [3.05, 3.63) is 45.5 Å². The van der Waals surface area contributed by atoms with Gasteiger partial charge in [-0.15, -0.1) is 0 Å². The molecule has 2 N–H and O–H groups in total. The summed E-state index contributed by atoms with van der Waals surface area (Å²) in [7, 11) is 0. The van der Waals surface area contributed by atoms with E-state index in [0.717, 1.165) is 10.9 Å². The molecule has 218 valence electrons. The fourth-order valence-electron chi connectivity index (χ4n) is 5.46. The molecule has 0 bridgehead atoms. The summed E-state index contributed by atoms with van der Waals surface area (Å²) in [4.78, 5) is 41.6. The lowest BCUT2D eigenvalue weighted by Gasteiger charge is -2.28. The third-order valence-corrected chi connectivity index (χ3v) is 8.08. The largest absolute Gasteiger partial charge is 0.481 e. The molecule has 2 atom stereocenters. The molecular formula is C26H29Cl2F3N4O5. The third kappa shape index (κ3) is 6.60. The van der Waals surface area contributed by atoms with E-state index in [2.05, 4.69) is 15.4 Å². The standard InChI is InChI=1S/C26H29Cl2F3N4O5/c1-25(2)8-7-20(40-25)18(9-19(36)21-16(27)11-32-12-17(21)28)34-23(37)15-10-33-35(22(15)26(29,30)31)14-5-3-13(4-6-14)24(38)39/h10-14,18,20H,3-9H2,1-2H3,(H,34,37)(H,38,39)/t13?,14?,18?,20-/m1/s1. The number of ether oxygens (including phenoxy) is 1. The first-order valence-corrected chi connectivity index (χ1v) is 13.6. The first kappa shape index (κ1) is 30.3. The Hall–Kier alpha value is -2.70. The summed E-state index contributed by atoms with van der Waals surface area (Å²) < 4.78 is 49.6. The molecule has 14 heteroatoms. The van der Waals surface area contributed by atoms with Gasteiger partial charge in [-0.1, -0.05) is 23.2 Å². The first-order chi connectivity index (χ1) is 18.7. The maximum Gasteiger partial charge on any atom is 0.433 e. The van der Waals surface area contributed by atoms with Gasteiger partial charge in [0.25, 0.3) is 5.91 Å². The third-order valence-electron chi connectivity index (χ3n) is 7.50. The molecule has 2 aromatic rings. The van der Waals surface area contributed by atoms with E-state index in [9.17, 15) is 32.7 Å². The highest BCUT2D eigenvalue weighted by atomic mass is 35.5. The van der Waals surface area contributed by atoms with Gasteiger partial charge in [0.1, 0.15) is 0 Å². The Morgan fingerprint density at radius 2 is 1.75 bits per heavy atom. The molecule has 0 aromatic carbocycles. The number of carbonyl (C=O) groups is 3. The number of hydrogen-bond donors (Lipinski definition) is 2. The summed E-state index contributed by atoms with van der Waals surface area (Å²) in [6.07, 6.45) is -0.705. The van der Waals surface area contributed by atoms with E-state index >= 15 is 0 Å². The van der Waals surface area contributed by atoms with Crippen LogP contribution >= 0.6 is 23.2 Å². The summed E-state index contributed by atoms with van der Waals surface area (Å²) in [5.41, 5.74) is -2.47. The van der Waals surface area contributed by atoms with Gasteiger partial charge in [0.05, 0.1) is 57.1 Å². The van der Waals surface area contributed by atoms with Crippen LogP contribution in [0.2, 0.25) is 10.0 Å². The molecule has 1 saturated heterocycles. The van der Waals surface area contributed by atoms with Gasteiger partial charge in [-0.2, -0.15) is 18.3 Å². The summed E-state index contributed by atoms with van der Waals surface area (Å²) in [6.45, 7) is 3.68. The molecule has 1 amide bonds. The van der Waals surface area contributed by atoms with E-state index in [1.54, 1.807) is 0 Å². The van der Waals surface area contributed by atoms with Crippen LogP contribution in [0.4, 0.5) is 13.2 Å². The number of ketones is 1. The monoisotopic (exact) mass is 604 g/mol. The Bertz CT molecular complexity index is 1270. The van der Waals surface area contributed by atoms with Gasteiger partial charge in [0.15, 0.2) is 11.5 Å². The van der Waals surface area contributed by atoms with Gasteiger partial charge < -0.3 is 15.2 Å². The number of halogens is 5. The second-order valence-corrected chi connectivity index (χ2v) is 11.6. The van der Waals surface area contributed by atoms with Crippen molar-refractivity contribution in [1.82, 2.24) is 20.1 Å². The molecule has 9 nitrogen and oxygen atoms in total. The molecule has 1 aliphatic heterocycles. The fraction of sp³-hybridized carbons (Fsp3) is 0.577. The van der Waals surface area contributed by atoms with E-state index in [1.165, 1.54) is 12.4 Å². The van der Waals surface area contributed by atoms with E-state index in [-0.39, 0.29) is 47.7 Å². The molecule has 1 unspecified atom stereocenters. The Morgan fingerprint density at radius 1 is 1.12 bits per heavy atom. The van der Waals surface area contributed by atoms with Crippen molar-refractivity contribution in [2.45, 2.75) is 88.8 Å². The van der Waals surface area contributed by atoms with Crippen molar-refractivity contribution in [3.63, 3.8) is 0 Å². The highest BCUT2D eigenvalue weighted by molar-refractivity contribution is 6.39. The lowest BCUT2D eigenvalue weighted by Crippen LogP contribution is -2.45. The number of rotatable bonds is 8. The quantitative estimate of drug-likeness (QED) is 0.368. The SMILES string of the molecule is CC1(C)CC[C@H](C(CC(=O)c2c(Cl)cncc2Cl)NC(=O)c2cnn(C3CCC(C(=O)O)CC3)c2C(F)(F)F)O1. The first-order valence-electron chi connectivity index (χ1n) is 12.9. The van der Waals surface area contributed by atoms with E-state index in [1.807, 2.05) is 13.8 Å². The zero-order chi connectivity index (χ0) is 29.4. The molecule has 3 heterocycles. The average Bonchev–Trinajstić information content (AvgIpc) is 3.47. The normalized spacial score (nSPS) is 23.5. The predicted octanol–water partition coefficient (Wildman–Crippen LogP) is 5.75. The summed E-state index contributed by atoms with van der Waals surface area (Å²) >= 11 is 12.3. The van der Waals surface area contributed by atoms with Crippen LogP contribution < -0.4 is 5.32 Å². The van der Waals surface area contributed by atoms with Crippen LogP contribution in [-0.2, 0) is 15.7 Å². The van der Waals surface area contributed by atoms with Crippen LogP contribution in [0.5, 0.6) is 0 Å². The van der Waals surface area contributed by atoms with Crippen molar-refractivity contribution in [3.8, 4) is 0 Å². The predicted molar refractivity (Wildman–Crippen MR) is 139 cm³/mol. The fourth-order valence-corrected chi connectivity index (χ4v) is 6.03. The van der Waals surface area contributed by atoms with Crippen LogP contribution in [-0.4, -0.2) is 55.3 Å². The smallest absolute Gasteiger partial charge is 0.433 e. The van der Waals surface area contributed by atoms with Gasteiger partial charge in [-0.05, 0) is 52.4 Å². The minimum absolute atomic E-state index is 0.00407. The van der Waals surface area contributed by atoms with Crippen molar-refractivity contribution < 1.29 is 37.4 Å².